The van der Waals surface area contributed by atoms with Crippen LogP contribution in [0, 0.1) is 6.92 Å². The third-order valence-corrected chi connectivity index (χ3v) is 3.68. The van der Waals surface area contributed by atoms with Crippen molar-refractivity contribution in [1.29, 1.82) is 0 Å². The molecule has 0 spiro atoms. The summed E-state index contributed by atoms with van der Waals surface area (Å²) < 4.78 is 5.53. The maximum Gasteiger partial charge on any atom is 0.248 e. The summed E-state index contributed by atoms with van der Waals surface area (Å²) in [6, 6.07) is 7.18. The number of anilines is 2. The Hall–Kier alpha value is -2.08. The minimum atomic E-state index is -0.393. The SMILES string of the molecule is CCOc1ccccc1N[C@@H](C)C(=O)Nc1nc(C)cs1. The predicted molar refractivity (Wildman–Crippen MR) is 86.2 cm³/mol. The first-order valence-corrected chi connectivity index (χ1v) is 7.69. The summed E-state index contributed by atoms with van der Waals surface area (Å²) in [6.45, 7) is 6.21. The highest BCUT2D eigenvalue weighted by atomic mass is 32.1. The Bertz CT molecular complexity index is 612. The summed E-state index contributed by atoms with van der Waals surface area (Å²) in [5, 5.41) is 8.48. The van der Waals surface area contributed by atoms with Crippen molar-refractivity contribution in [1.82, 2.24) is 4.98 Å². The minimum Gasteiger partial charge on any atom is -0.492 e. The van der Waals surface area contributed by atoms with Crippen molar-refractivity contribution >= 4 is 28.1 Å². The van der Waals surface area contributed by atoms with Crippen molar-refractivity contribution < 1.29 is 9.53 Å². The quantitative estimate of drug-likeness (QED) is 0.859. The smallest absolute Gasteiger partial charge is 0.248 e. The zero-order valence-corrected chi connectivity index (χ0v) is 13.2. The molecular weight excluding hydrogens is 286 g/mol. The number of rotatable bonds is 6. The zero-order valence-electron chi connectivity index (χ0n) is 12.3. The van der Waals surface area contributed by atoms with Gasteiger partial charge in [-0.15, -0.1) is 11.3 Å². The Morgan fingerprint density at radius 2 is 2.19 bits per heavy atom. The topological polar surface area (TPSA) is 63.2 Å². The molecule has 1 aromatic heterocycles. The van der Waals surface area contributed by atoms with Crippen molar-refractivity contribution in [2.24, 2.45) is 0 Å². The molecule has 2 aromatic rings. The molecule has 1 aromatic carbocycles. The average Bonchev–Trinajstić information content (AvgIpc) is 2.86. The third kappa shape index (κ3) is 4.19. The standard InChI is InChI=1S/C15H19N3O2S/c1-4-20-13-8-6-5-7-12(13)17-11(3)14(19)18-15-16-10(2)9-21-15/h5-9,11,17H,4H2,1-3H3,(H,16,18,19)/t11-/m0/s1. The Balaban J connectivity index is 2.00. The van der Waals surface area contributed by atoms with Gasteiger partial charge in [0.15, 0.2) is 5.13 Å². The lowest BCUT2D eigenvalue weighted by atomic mass is 10.2. The molecule has 21 heavy (non-hydrogen) atoms. The van der Waals surface area contributed by atoms with Crippen LogP contribution in [0.25, 0.3) is 0 Å². The molecule has 0 radical (unpaired) electrons. The first kappa shape index (κ1) is 15.3. The second-order valence-corrected chi connectivity index (χ2v) is 5.44. The van der Waals surface area contributed by atoms with Gasteiger partial charge in [0.05, 0.1) is 18.0 Å². The fourth-order valence-electron chi connectivity index (χ4n) is 1.79. The summed E-state index contributed by atoms with van der Waals surface area (Å²) in [6.07, 6.45) is 0. The second kappa shape index (κ2) is 7.08. The first-order valence-electron chi connectivity index (χ1n) is 6.81. The predicted octanol–water partition coefficient (Wildman–Crippen LogP) is 3.29. The van der Waals surface area contributed by atoms with Crippen LogP contribution in [-0.2, 0) is 4.79 Å². The lowest BCUT2D eigenvalue weighted by molar-refractivity contribution is -0.116. The van der Waals surface area contributed by atoms with E-state index >= 15 is 0 Å². The Morgan fingerprint density at radius 1 is 1.43 bits per heavy atom. The van der Waals surface area contributed by atoms with Gasteiger partial charge < -0.3 is 15.4 Å². The largest absolute Gasteiger partial charge is 0.492 e. The number of amides is 1. The Labute approximate surface area is 128 Å². The molecule has 6 heteroatoms. The fraction of sp³-hybridized carbons (Fsp3) is 0.333. The van der Waals surface area contributed by atoms with Gasteiger partial charge in [-0.05, 0) is 32.9 Å². The van der Waals surface area contributed by atoms with Crippen LogP contribution in [0.15, 0.2) is 29.6 Å². The van der Waals surface area contributed by atoms with Gasteiger partial charge in [0, 0.05) is 5.38 Å². The van der Waals surface area contributed by atoms with E-state index in [2.05, 4.69) is 15.6 Å². The molecule has 2 N–H and O–H groups in total. The molecule has 0 aliphatic carbocycles. The number of hydrogen-bond acceptors (Lipinski definition) is 5. The van der Waals surface area contributed by atoms with Crippen LogP contribution >= 0.6 is 11.3 Å². The number of aryl methyl sites for hydroxylation is 1. The molecule has 1 heterocycles. The van der Waals surface area contributed by atoms with Gasteiger partial charge in [0.2, 0.25) is 5.91 Å². The molecule has 2 rings (SSSR count). The highest BCUT2D eigenvalue weighted by molar-refractivity contribution is 7.13. The maximum absolute atomic E-state index is 12.1. The van der Waals surface area contributed by atoms with E-state index in [9.17, 15) is 4.79 Å². The molecule has 0 fully saturated rings. The molecule has 1 amide bonds. The molecular formula is C15H19N3O2S. The summed E-state index contributed by atoms with van der Waals surface area (Å²) in [5.41, 5.74) is 1.70. The second-order valence-electron chi connectivity index (χ2n) is 4.58. The van der Waals surface area contributed by atoms with Crippen LogP contribution in [0.2, 0.25) is 0 Å². The summed E-state index contributed by atoms with van der Waals surface area (Å²) >= 11 is 1.42. The monoisotopic (exact) mass is 305 g/mol. The van der Waals surface area contributed by atoms with Crippen LogP contribution in [0.5, 0.6) is 5.75 Å². The number of ether oxygens (including phenoxy) is 1. The summed E-state index contributed by atoms with van der Waals surface area (Å²) in [5.74, 6) is 0.611. The molecule has 0 aliphatic heterocycles. The Kier molecular flexibility index (Phi) is 5.16. The number of carbonyl (C=O) groups excluding carboxylic acids is 1. The van der Waals surface area contributed by atoms with E-state index in [1.807, 2.05) is 43.5 Å². The van der Waals surface area contributed by atoms with Gasteiger partial charge in [-0.3, -0.25) is 4.79 Å². The van der Waals surface area contributed by atoms with E-state index in [1.165, 1.54) is 11.3 Å². The number of para-hydroxylation sites is 2. The maximum atomic E-state index is 12.1. The molecule has 112 valence electrons. The molecule has 0 unspecified atom stereocenters. The highest BCUT2D eigenvalue weighted by Crippen LogP contribution is 2.24. The number of carbonyl (C=O) groups is 1. The van der Waals surface area contributed by atoms with Crippen LogP contribution in [0.4, 0.5) is 10.8 Å². The lowest BCUT2D eigenvalue weighted by Crippen LogP contribution is -2.32. The van der Waals surface area contributed by atoms with E-state index in [-0.39, 0.29) is 5.91 Å². The third-order valence-electron chi connectivity index (χ3n) is 2.80. The van der Waals surface area contributed by atoms with Crippen molar-refractivity contribution in [2.45, 2.75) is 26.8 Å². The first-order chi connectivity index (χ1) is 10.1. The molecule has 0 saturated carbocycles. The molecule has 0 aliphatic rings. The molecule has 1 atom stereocenters. The minimum absolute atomic E-state index is 0.129. The number of hydrogen-bond donors (Lipinski definition) is 2. The van der Waals surface area contributed by atoms with Gasteiger partial charge >= 0.3 is 0 Å². The van der Waals surface area contributed by atoms with Crippen LogP contribution in [-0.4, -0.2) is 23.5 Å². The Morgan fingerprint density at radius 3 is 2.86 bits per heavy atom. The highest BCUT2D eigenvalue weighted by Gasteiger charge is 2.15. The van der Waals surface area contributed by atoms with Crippen molar-refractivity contribution in [2.75, 3.05) is 17.2 Å². The van der Waals surface area contributed by atoms with Crippen molar-refractivity contribution in [3.05, 3.63) is 35.3 Å². The summed E-state index contributed by atoms with van der Waals surface area (Å²) in [7, 11) is 0. The van der Waals surface area contributed by atoms with Gasteiger partial charge in [-0.2, -0.15) is 0 Å². The number of benzene rings is 1. The van der Waals surface area contributed by atoms with E-state index in [0.29, 0.717) is 11.7 Å². The van der Waals surface area contributed by atoms with Crippen LogP contribution in [0.1, 0.15) is 19.5 Å². The molecule has 5 nitrogen and oxygen atoms in total. The lowest BCUT2D eigenvalue weighted by Gasteiger charge is -2.17. The molecule has 0 saturated heterocycles. The summed E-state index contributed by atoms with van der Waals surface area (Å²) in [4.78, 5) is 16.4. The number of nitrogens with zero attached hydrogens (tertiary/aromatic N) is 1. The van der Waals surface area contributed by atoms with E-state index in [4.69, 9.17) is 4.74 Å². The zero-order chi connectivity index (χ0) is 15.2. The molecule has 0 bridgehead atoms. The van der Waals surface area contributed by atoms with Crippen LogP contribution < -0.4 is 15.4 Å². The average molecular weight is 305 g/mol. The normalized spacial score (nSPS) is 11.8. The van der Waals surface area contributed by atoms with Crippen molar-refractivity contribution in [3.8, 4) is 5.75 Å². The fourth-order valence-corrected chi connectivity index (χ4v) is 2.48. The van der Waals surface area contributed by atoms with Gasteiger partial charge in [0.25, 0.3) is 0 Å². The van der Waals surface area contributed by atoms with E-state index in [1.54, 1.807) is 6.92 Å². The van der Waals surface area contributed by atoms with Gasteiger partial charge in [-0.1, -0.05) is 12.1 Å². The van der Waals surface area contributed by atoms with E-state index < -0.39 is 6.04 Å². The number of nitrogens with one attached hydrogen (secondary N) is 2. The van der Waals surface area contributed by atoms with E-state index in [0.717, 1.165) is 17.1 Å². The van der Waals surface area contributed by atoms with Crippen molar-refractivity contribution in [3.63, 3.8) is 0 Å². The number of thiazole rings is 1. The number of aromatic nitrogens is 1. The van der Waals surface area contributed by atoms with Gasteiger partial charge in [-0.25, -0.2) is 4.98 Å². The van der Waals surface area contributed by atoms with Crippen LogP contribution in [0.3, 0.4) is 0 Å². The van der Waals surface area contributed by atoms with Gasteiger partial charge in [0.1, 0.15) is 11.8 Å².